The number of nitrogens with zero attached hydrogens (tertiary/aromatic N) is 2. The molecular weight excluding hydrogens is 314 g/mol. The second-order valence-corrected chi connectivity index (χ2v) is 6.71. The number of benzene rings is 1. The summed E-state index contributed by atoms with van der Waals surface area (Å²) in [5.41, 5.74) is 2.41. The summed E-state index contributed by atoms with van der Waals surface area (Å²) in [5, 5.41) is 12.3. The molecule has 132 valence electrons. The predicted octanol–water partition coefficient (Wildman–Crippen LogP) is 4.32. The van der Waals surface area contributed by atoms with Crippen LogP contribution < -0.4 is 5.32 Å². The average molecular weight is 339 g/mol. The van der Waals surface area contributed by atoms with Gasteiger partial charge in [-0.25, -0.2) is 9.97 Å². The molecule has 0 bridgehead atoms. The molecule has 2 N–H and O–H groups in total. The Balaban J connectivity index is 1.70. The molecule has 1 aromatic heterocycles. The number of carbonyl (C=O) groups excluding carboxylic acids is 1. The second kappa shape index (κ2) is 8.10. The molecule has 25 heavy (non-hydrogen) atoms. The molecule has 1 aliphatic rings. The maximum atomic E-state index is 12.3. The number of aryl methyl sites for hydroxylation is 1. The molecule has 0 aliphatic heterocycles. The van der Waals surface area contributed by atoms with Crippen molar-refractivity contribution in [3.63, 3.8) is 0 Å². The number of aromatic hydroxyl groups is 1. The van der Waals surface area contributed by atoms with Crippen LogP contribution in [-0.2, 0) is 11.2 Å². The molecule has 1 saturated carbocycles. The van der Waals surface area contributed by atoms with Crippen LogP contribution in [0.1, 0.15) is 51.1 Å². The number of nitrogens with one attached hydrogen (secondary N) is 1. The van der Waals surface area contributed by atoms with Gasteiger partial charge in [0.05, 0.1) is 17.6 Å². The number of hydrogen-bond donors (Lipinski definition) is 2. The summed E-state index contributed by atoms with van der Waals surface area (Å²) in [6, 6.07) is 6.87. The molecule has 0 unspecified atom stereocenters. The first-order valence-electron chi connectivity index (χ1n) is 9.11. The van der Waals surface area contributed by atoms with E-state index in [1.165, 1.54) is 19.3 Å². The summed E-state index contributed by atoms with van der Waals surface area (Å²) in [4.78, 5) is 21.4. The Hall–Kier alpha value is -2.43. The normalized spacial score (nSPS) is 15.1. The highest BCUT2D eigenvalue weighted by Gasteiger charge is 2.18. The third-order valence-electron chi connectivity index (χ3n) is 4.80. The molecule has 1 heterocycles. The number of carbonyl (C=O) groups is 1. The van der Waals surface area contributed by atoms with E-state index in [2.05, 4.69) is 15.3 Å². The van der Waals surface area contributed by atoms with E-state index in [4.69, 9.17) is 0 Å². The molecule has 5 heteroatoms. The Bertz CT molecular complexity index is 722. The van der Waals surface area contributed by atoms with Crippen molar-refractivity contribution in [2.45, 2.75) is 51.9 Å². The van der Waals surface area contributed by atoms with Gasteiger partial charge in [-0.2, -0.15) is 0 Å². The van der Waals surface area contributed by atoms with E-state index in [0.29, 0.717) is 24.6 Å². The topological polar surface area (TPSA) is 75.1 Å². The predicted molar refractivity (Wildman–Crippen MR) is 98.3 cm³/mol. The molecular formula is C20H25N3O2. The van der Waals surface area contributed by atoms with Crippen LogP contribution in [0.4, 0.5) is 5.82 Å². The zero-order chi connectivity index (χ0) is 17.6. The summed E-state index contributed by atoms with van der Waals surface area (Å²) in [5.74, 6) is 1.32. The number of amides is 1. The van der Waals surface area contributed by atoms with E-state index in [1.54, 1.807) is 30.5 Å². The first kappa shape index (κ1) is 17.4. The highest BCUT2D eigenvalue weighted by molar-refractivity contribution is 5.90. The van der Waals surface area contributed by atoms with Gasteiger partial charge in [-0.3, -0.25) is 4.79 Å². The van der Waals surface area contributed by atoms with E-state index < -0.39 is 0 Å². The van der Waals surface area contributed by atoms with Gasteiger partial charge in [0.2, 0.25) is 5.91 Å². The lowest BCUT2D eigenvalue weighted by molar-refractivity contribution is -0.117. The molecule has 1 aromatic carbocycles. The molecule has 0 atom stereocenters. The van der Waals surface area contributed by atoms with Crippen molar-refractivity contribution in [1.82, 2.24) is 9.97 Å². The smallest absolute Gasteiger partial charge is 0.225 e. The van der Waals surface area contributed by atoms with Crippen LogP contribution in [-0.4, -0.2) is 21.0 Å². The Morgan fingerprint density at radius 3 is 2.60 bits per heavy atom. The van der Waals surface area contributed by atoms with Gasteiger partial charge in [-0.15, -0.1) is 0 Å². The van der Waals surface area contributed by atoms with Crippen LogP contribution in [0.3, 0.4) is 0 Å². The monoisotopic (exact) mass is 339 g/mol. The summed E-state index contributed by atoms with van der Waals surface area (Å²) in [7, 11) is 0. The van der Waals surface area contributed by atoms with Gasteiger partial charge in [0.25, 0.3) is 0 Å². The summed E-state index contributed by atoms with van der Waals surface area (Å²) in [6.45, 7) is 2.00. The maximum absolute atomic E-state index is 12.3. The lowest BCUT2D eigenvalue weighted by Crippen LogP contribution is -2.20. The van der Waals surface area contributed by atoms with Gasteiger partial charge in [0.15, 0.2) is 5.82 Å². The molecule has 5 nitrogen and oxygen atoms in total. The van der Waals surface area contributed by atoms with E-state index in [0.717, 1.165) is 29.8 Å². The van der Waals surface area contributed by atoms with Crippen LogP contribution in [0, 0.1) is 5.92 Å². The highest BCUT2D eigenvalue weighted by Crippen LogP contribution is 2.27. The number of aromatic nitrogens is 2. The molecule has 1 amide bonds. The number of phenols is 1. The Morgan fingerprint density at radius 1 is 1.20 bits per heavy atom. The molecule has 0 spiro atoms. The van der Waals surface area contributed by atoms with Gasteiger partial charge < -0.3 is 10.4 Å². The number of rotatable bonds is 5. The Morgan fingerprint density at radius 2 is 1.92 bits per heavy atom. The zero-order valence-electron chi connectivity index (χ0n) is 14.7. The minimum atomic E-state index is 0.0354. The Kier molecular flexibility index (Phi) is 5.64. The summed E-state index contributed by atoms with van der Waals surface area (Å²) < 4.78 is 0. The molecule has 1 fully saturated rings. The fourth-order valence-corrected chi connectivity index (χ4v) is 3.39. The highest BCUT2D eigenvalue weighted by atomic mass is 16.3. The van der Waals surface area contributed by atoms with E-state index in [9.17, 15) is 9.90 Å². The fraction of sp³-hybridized carbons (Fsp3) is 0.450. The zero-order valence-corrected chi connectivity index (χ0v) is 14.7. The number of anilines is 1. The second-order valence-electron chi connectivity index (χ2n) is 6.71. The third kappa shape index (κ3) is 4.56. The molecule has 0 saturated heterocycles. The quantitative estimate of drug-likeness (QED) is 0.850. The summed E-state index contributed by atoms with van der Waals surface area (Å²) >= 11 is 0. The van der Waals surface area contributed by atoms with Gasteiger partial charge in [-0.1, -0.05) is 26.2 Å². The minimum absolute atomic E-state index is 0.0354. The van der Waals surface area contributed by atoms with Crippen LogP contribution >= 0.6 is 0 Å². The fourth-order valence-electron chi connectivity index (χ4n) is 3.39. The SMILES string of the molecule is CCc1nc(-c2ccc(O)cc2)cnc1NC(=O)CC1CCCCC1. The lowest BCUT2D eigenvalue weighted by atomic mass is 9.87. The van der Waals surface area contributed by atoms with Crippen LogP contribution in [0.2, 0.25) is 0 Å². The van der Waals surface area contributed by atoms with Gasteiger partial charge in [0, 0.05) is 12.0 Å². The first-order chi connectivity index (χ1) is 12.2. The van der Waals surface area contributed by atoms with Crippen molar-refractivity contribution in [2.24, 2.45) is 5.92 Å². The largest absolute Gasteiger partial charge is 0.508 e. The van der Waals surface area contributed by atoms with Crippen molar-refractivity contribution in [1.29, 1.82) is 0 Å². The van der Waals surface area contributed by atoms with Crippen molar-refractivity contribution in [3.8, 4) is 17.0 Å². The minimum Gasteiger partial charge on any atom is -0.508 e. The standard InChI is InChI=1S/C20H25N3O2/c1-2-17-20(23-19(25)12-14-6-4-3-5-7-14)21-13-18(22-17)15-8-10-16(24)11-9-15/h8-11,13-14,24H,2-7,12H2,1H3,(H,21,23,25). The van der Waals surface area contributed by atoms with Crippen molar-refractivity contribution in [3.05, 3.63) is 36.2 Å². The van der Waals surface area contributed by atoms with Crippen molar-refractivity contribution in [2.75, 3.05) is 5.32 Å². The lowest BCUT2D eigenvalue weighted by Gasteiger charge is -2.21. The summed E-state index contributed by atoms with van der Waals surface area (Å²) in [6.07, 6.45) is 9.00. The van der Waals surface area contributed by atoms with E-state index in [-0.39, 0.29) is 11.7 Å². The Labute approximate surface area is 148 Å². The van der Waals surface area contributed by atoms with E-state index >= 15 is 0 Å². The molecule has 0 radical (unpaired) electrons. The van der Waals surface area contributed by atoms with Crippen molar-refractivity contribution < 1.29 is 9.90 Å². The third-order valence-corrected chi connectivity index (χ3v) is 4.80. The first-order valence-corrected chi connectivity index (χ1v) is 9.11. The molecule has 2 aromatic rings. The van der Waals surface area contributed by atoms with Gasteiger partial charge in [-0.05, 0) is 49.4 Å². The van der Waals surface area contributed by atoms with Crippen molar-refractivity contribution >= 4 is 11.7 Å². The van der Waals surface area contributed by atoms with Crippen LogP contribution in [0.25, 0.3) is 11.3 Å². The molecule has 1 aliphatic carbocycles. The maximum Gasteiger partial charge on any atom is 0.225 e. The average Bonchev–Trinajstić information content (AvgIpc) is 2.63. The van der Waals surface area contributed by atoms with Gasteiger partial charge >= 0.3 is 0 Å². The van der Waals surface area contributed by atoms with Crippen LogP contribution in [0.5, 0.6) is 5.75 Å². The van der Waals surface area contributed by atoms with E-state index in [1.807, 2.05) is 6.92 Å². The molecule has 3 rings (SSSR count). The van der Waals surface area contributed by atoms with Gasteiger partial charge in [0.1, 0.15) is 5.75 Å². The van der Waals surface area contributed by atoms with Crippen LogP contribution in [0.15, 0.2) is 30.5 Å². The number of hydrogen-bond acceptors (Lipinski definition) is 4. The number of phenolic OH excluding ortho intramolecular Hbond substituents is 1.